The molecule has 1 saturated heterocycles. The highest BCUT2D eigenvalue weighted by molar-refractivity contribution is 6.32. The molecule has 0 radical (unpaired) electrons. The summed E-state index contributed by atoms with van der Waals surface area (Å²) in [5, 5.41) is 12.8. The molecule has 35 heavy (non-hydrogen) atoms. The van der Waals surface area contributed by atoms with Crippen molar-refractivity contribution in [1.82, 2.24) is 14.9 Å². The molecule has 1 aromatic heterocycles. The van der Waals surface area contributed by atoms with Crippen LogP contribution in [0.2, 0.25) is 5.02 Å². The fourth-order valence-electron chi connectivity index (χ4n) is 4.05. The van der Waals surface area contributed by atoms with Crippen LogP contribution in [-0.4, -0.2) is 65.0 Å². The van der Waals surface area contributed by atoms with Crippen LogP contribution in [0, 0.1) is 0 Å². The summed E-state index contributed by atoms with van der Waals surface area (Å²) in [5.41, 5.74) is 4.01. The third-order valence-electron chi connectivity index (χ3n) is 5.88. The van der Waals surface area contributed by atoms with E-state index in [1.807, 2.05) is 19.1 Å². The van der Waals surface area contributed by atoms with Gasteiger partial charge in [-0.25, -0.2) is 14.4 Å². The van der Waals surface area contributed by atoms with Gasteiger partial charge in [0.1, 0.15) is 5.83 Å². The Hall–Kier alpha value is -3.07. The zero-order valence-electron chi connectivity index (χ0n) is 19.8. The van der Waals surface area contributed by atoms with Gasteiger partial charge in [-0.15, -0.1) is 0 Å². The number of hydrogen-bond donors (Lipinski definition) is 2. The summed E-state index contributed by atoms with van der Waals surface area (Å²) in [6.45, 7) is 6.53. The number of rotatable bonds is 9. The summed E-state index contributed by atoms with van der Waals surface area (Å²) < 4.78 is 14.0. The summed E-state index contributed by atoms with van der Waals surface area (Å²) in [5.74, 6) is 0.0994. The fourth-order valence-corrected chi connectivity index (χ4v) is 4.26. The van der Waals surface area contributed by atoms with E-state index in [0.29, 0.717) is 28.8 Å². The van der Waals surface area contributed by atoms with Gasteiger partial charge in [0.15, 0.2) is 0 Å². The van der Waals surface area contributed by atoms with Crippen molar-refractivity contribution in [3.63, 3.8) is 0 Å². The molecule has 0 bridgehead atoms. The highest BCUT2D eigenvalue weighted by Crippen LogP contribution is 2.30. The Morgan fingerprint density at radius 3 is 2.86 bits per heavy atom. The van der Waals surface area contributed by atoms with Crippen LogP contribution in [0.25, 0.3) is 5.57 Å². The Labute approximate surface area is 210 Å². The molecule has 0 aliphatic carbocycles. The second-order valence-corrected chi connectivity index (χ2v) is 8.82. The third-order valence-corrected chi connectivity index (χ3v) is 6.16. The predicted octanol–water partition coefficient (Wildman–Crippen LogP) is 4.99. The molecule has 2 aliphatic heterocycles. The van der Waals surface area contributed by atoms with Crippen LogP contribution in [0.15, 0.2) is 65.7 Å². The molecule has 1 fully saturated rings. The third kappa shape index (κ3) is 6.75. The molecule has 0 spiro atoms. The molecule has 2 aromatic rings. The van der Waals surface area contributed by atoms with E-state index in [-0.39, 0.29) is 12.4 Å². The molecule has 1 aromatic carbocycles. The second kappa shape index (κ2) is 12.1. The van der Waals surface area contributed by atoms with Crippen LogP contribution in [0.1, 0.15) is 25.5 Å². The highest BCUT2D eigenvalue weighted by atomic mass is 35.5. The Bertz CT molecular complexity index is 1150. The van der Waals surface area contributed by atoms with Crippen molar-refractivity contribution in [3.8, 4) is 0 Å². The summed E-state index contributed by atoms with van der Waals surface area (Å²) >= 11 is 6.39. The van der Waals surface area contributed by atoms with Crippen LogP contribution < -0.4 is 10.2 Å². The number of allylic oxidation sites excluding steroid dienone is 5. The summed E-state index contributed by atoms with van der Waals surface area (Å²) in [6, 6.07) is 8.14. The largest absolute Gasteiger partial charge is 0.395 e. The number of β-amino-alcohol motifs (C(OH)–C–C–N with tert-alkyl or cyclic N) is 1. The van der Waals surface area contributed by atoms with Gasteiger partial charge in [0.05, 0.1) is 23.5 Å². The van der Waals surface area contributed by atoms with Crippen LogP contribution in [0.3, 0.4) is 0 Å². The number of aliphatic hydroxyl groups is 1. The first-order valence-electron chi connectivity index (χ1n) is 11.8. The van der Waals surface area contributed by atoms with E-state index in [0.717, 1.165) is 56.1 Å². The van der Waals surface area contributed by atoms with Crippen LogP contribution >= 0.6 is 11.6 Å². The Kier molecular flexibility index (Phi) is 8.63. The molecule has 0 unspecified atom stereocenters. The number of nitrogens with zero attached hydrogens (tertiary/aromatic N) is 5. The molecule has 7 nitrogen and oxygen atoms in total. The van der Waals surface area contributed by atoms with Crippen molar-refractivity contribution in [1.29, 1.82) is 0 Å². The summed E-state index contributed by atoms with van der Waals surface area (Å²) in [6.07, 6.45) is 9.10. The molecule has 0 saturated carbocycles. The molecule has 4 rings (SSSR count). The molecule has 3 heterocycles. The monoisotopic (exact) mass is 496 g/mol. The minimum atomic E-state index is -0.328. The fraction of sp³-hybridized carbons (Fsp3) is 0.346. The van der Waals surface area contributed by atoms with Crippen molar-refractivity contribution in [2.75, 3.05) is 49.5 Å². The van der Waals surface area contributed by atoms with Gasteiger partial charge in [0, 0.05) is 68.0 Å². The summed E-state index contributed by atoms with van der Waals surface area (Å²) in [7, 11) is 0. The number of anilines is 3. The smallest absolute Gasteiger partial charge is 0.227 e. The molecule has 2 aliphatic rings. The van der Waals surface area contributed by atoms with Crippen LogP contribution in [0.5, 0.6) is 0 Å². The number of piperazine rings is 1. The molecule has 0 atom stereocenters. The first-order valence-corrected chi connectivity index (χ1v) is 12.2. The lowest BCUT2D eigenvalue weighted by molar-refractivity contribution is 0.189. The Morgan fingerprint density at radius 1 is 1.26 bits per heavy atom. The number of benzene rings is 1. The van der Waals surface area contributed by atoms with Gasteiger partial charge in [0.25, 0.3) is 0 Å². The van der Waals surface area contributed by atoms with Crippen molar-refractivity contribution in [3.05, 3.63) is 71.4 Å². The minimum absolute atomic E-state index is 0.191. The number of hydrogen-bond acceptors (Lipinski definition) is 7. The van der Waals surface area contributed by atoms with E-state index >= 15 is 0 Å². The standard InChI is InChI=1S/C26H30ClFN6O/c1-2-3-5-20(28)15-22-14-19(17-29-22)25-24(27)18-30-26(32-25)31-21-6-4-7-23(16-21)34-10-8-33(9-11-34)12-13-35/h3-7,15-18,35H,2,8-14H2,1H3,(H,30,31,32)/b5-3-,20-15+. The lowest BCUT2D eigenvalue weighted by Crippen LogP contribution is -2.47. The van der Waals surface area contributed by atoms with Gasteiger partial charge in [0.2, 0.25) is 5.95 Å². The lowest BCUT2D eigenvalue weighted by atomic mass is 10.1. The SMILES string of the molecule is CC/C=C\C(F)=C/C1=NC=C(c2nc(Nc3cccc(N4CCN(CCO)CC4)c3)ncc2Cl)C1. The van der Waals surface area contributed by atoms with Crippen molar-refractivity contribution >= 4 is 40.2 Å². The van der Waals surface area contributed by atoms with Crippen molar-refractivity contribution in [2.45, 2.75) is 19.8 Å². The Balaban J connectivity index is 1.42. The van der Waals surface area contributed by atoms with Crippen LogP contribution in [-0.2, 0) is 0 Å². The van der Waals surface area contributed by atoms with E-state index in [4.69, 9.17) is 16.7 Å². The molecule has 2 N–H and O–H groups in total. The van der Waals surface area contributed by atoms with E-state index in [9.17, 15) is 4.39 Å². The van der Waals surface area contributed by atoms with E-state index in [2.05, 4.69) is 42.2 Å². The maximum atomic E-state index is 14.0. The summed E-state index contributed by atoms with van der Waals surface area (Å²) in [4.78, 5) is 17.9. The Morgan fingerprint density at radius 2 is 2.09 bits per heavy atom. The van der Waals surface area contributed by atoms with Gasteiger partial charge in [-0.05, 0) is 36.8 Å². The number of nitrogens with one attached hydrogen (secondary N) is 1. The zero-order valence-corrected chi connectivity index (χ0v) is 20.5. The topological polar surface area (TPSA) is 76.9 Å². The number of halogens is 2. The maximum absolute atomic E-state index is 14.0. The lowest BCUT2D eigenvalue weighted by Gasteiger charge is -2.35. The first-order chi connectivity index (χ1) is 17.1. The maximum Gasteiger partial charge on any atom is 0.227 e. The number of aliphatic hydroxyl groups excluding tert-OH is 1. The minimum Gasteiger partial charge on any atom is -0.395 e. The second-order valence-electron chi connectivity index (χ2n) is 8.41. The van der Waals surface area contributed by atoms with Crippen LogP contribution in [0.4, 0.5) is 21.7 Å². The number of aromatic nitrogens is 2. The normalized spacial score (nSPS) is 17.1. The van der Waals surface area contributed by atoms with E-state index < -0.39 is 0 Å². The molecule has 184 valence electrons. The van der Waals surface area contributed by atoms with Gasteiger partial charge in [-0.2, -0.15) is 0 Å². The number of aliphatic imine (C=N–C) groups is 1. The molecular formula is C26H30ClFN6O. The van der Waals surface area contributed by atoms with Gasteiger partial charge in [-0.1, -0.05) is 30.7 Å². The van der Waals surface area contributed by atoms with Gasteiger partial charge < -0.3 is 15.3 Å². The molecule has 0 amide bonds. The predicted molar refractivity (Wildman–Crippen MR) is 141 cm³/mol. The quantitative estimate of drug-likeness (QED) is 0.476. The van der Waals surface area contributed by atoms with E-state index in [1.165, 1.54) is 12.2 Å². The highest BCUT2D eigenvalue weighted by Gasteiger charge is 2.18. The van der Waals surface area contributed by atoms with Gasteiger partial charge >= 0.3 is 0 Å². The average molecular weight is 497 g/mol. The van der Waals surface area contributed by atoms with Crippen molar-refractivity contribution in [2.24, 2.45) is 4.99 Å². The van der Waals surface area contributed by atoms with Gasteiger partial charge in [-0.3, -0.25) is 9.89 Å². The van der Waals surface area contributed by atoms with E-state index in [1.54, 1.807) is 18.5 Å². The average Bonchev–Trinajstić information content (AvgIpc) is 3.33. The molecule has 9 heteroatoms. The molecular weight excluding hydrogens is 467 g/mol. The first kappa shape index (κ1) is 25.0. The zero-order chi connectivity index (χ0) is 24.6. The van der Waals surface area contributed by atoms with Crippen molar-refractivity contribution < 1.29 is 9.50 Å².